The maximum Gasteiger partial charge on any atom is 0.248 e. The van der Waals surface area contributed by atoms with Crippen molar-refractivity contribution in [3.05, 3.63) is 96.1 Å². The van der Waals surface area contributed by atoms with Crippen LogP contribution in [0.1, 0.15) is 15.9 Å². The van der Waals surface area contributed by atoms with E-state index in [0.717, 1.165) is 28.1 Å². The van der Waals surface area contributed by atoms with E-state index in [9.17, 15) is 4.79 Å². The largest absolute Gasteiger partial charge is 0.366 e. The van der Waals surface area contributed by atoms with Gasteiger partial charge >= 0.3 is 0 Å². The van der Waals surface area contributed by atoms with Gasteiger partial charge in [0.2, 0.25) is 11.1 Å². The molecule has 5 nitrogen and oxygen atoms in total. The number of rotatable bonds is 6. The number of hydrogen-bond acceptors (Lipinski definition) is 5. The third kappa shape index (κ3) is 4.50. The summed E-state index contributed by atoms with van der Waals surface area (Å²) < 4.78 is 0. The summed E-state index contributed by atoms with van der Waals surface area (Å²) in [5.41, 5.74) is 10.4. The molecule has 6 heteroatoms. The van der Waals surface area contributed by atoms with E-state index in [1.807, 2.05) is 72.8 Å². The summed E-state index contributed by atoms with van der Waals surface area (Å²) in [4.78, 5) is 16.0. The van der Waals surface area contributed by atoms with Crippen molar-refractivity contribution >= 4 is 17.7 Å². The van der Waals surface area contributed by atoms with Gasteiger partial charge in [-0.25, -0.2) is 4.98 Å². The number of benzene rings is 3. The summed E-state index contributed by atoms with van der Waals surface area (Å²) in [5, 5.41) is 9.41. The molecule has 0 aliphatic rings. The average Bonchev–Trinajstić information content (AvgIpc) is 2.79. The fourth-order valence-corrected chi connectivity index (χ4v) is 3.62. The number of hydrogen-bond donors (Lipinski definition) is 1. The summed E-state index contributed by atoms with van der Waals surface area (Å²) in [6.07, 6.45) is 0. The van der Waals surface area contributed by atoms with Crippen LogP contribution >= 0.6 is 11.8 Å². The van der Waals surface area contributed by atoms with Gasteiger partial charge < -0.3 is 5.73 Å². The second-order valence-corrected chi connectivity index (χ2v) is 7.32. The van der Waals surface area contributed by atoms with Crippen LogP contribution in [0.4, 0.5) is 0 Å². The molecule has 0 aliphatic heterocycles. The molecule has 0 aliphatic carbocycles. The van der Waals surface area contributed by atoms with Gasteiger partial charge in [-0.3, -0.25) is 4.79 Å². The first kappa shape index (κ1) is 18.8. The molecule has 2 N–H and O–H groups in total. The summed E-state index contributed by atoms with van der Waals surface area (Å²) in [7, 11) is 0. The first-order chi connectivity index (χ1) is 14.2. The summed E-state index contributed by atoms with van der Waals surface area (Å²) in [6.45, 7) is 0. The molecule has 29 heavy (non-hydrogen) atoms. The molecule has 0 spiro atoms. The Bertz CT molecular complexity index is 1120. The number of nitrogens with zero attached hydrogens (tertiary/aromatic N) is 3. The van der Waals surface area contributed by atoms with Crippen LogP contribution in [0.25, 0.3) is 22.5 Å². The maximum absolute atomic E-state index is 11.2. The Labute approximate surface area is 173 Å². The predicted octanol–water partition coefficient (Wildman–Crippen LogP) is 4.60. The number of thioether (sulfide) groups is 1. The lowest BCUT2D eigenvalue weighted by molar-refractivity contribution is 0.100. The fourth-order valence-electron chi connectivity index (χ4n) is 2.87. The maximum atomic E-state index is 11.2. The zero-order valence-corrected chi connectivity index (χ0v) is 16.3. The van der Waals surface area contributed by atoms with Gasteiger partial charge in [-0.2, -0.15) is 0 Å². The normalized spacial score (nSPS) is 10.6. The van der Waals surface area contributed by atoms with Crippen molar-refractivity contribution in [2.45, 2.75) is 10.9 Å². The van der Waals surface area contributed by atoms with Gasteiger partial charge in [0.15, 0.2) is 0 Å². The highest BCUT2D eigenvalue weighted by molar-refractivity contribution is 7.98. The van der Waals surface area contributed by atoms with Gasteiger partial charge in [0, 0.05) is 22.4 Å². The van der Waals surface area contributed by atoms with Crippen molar-refractivity contribution < 1.29 is 4.79 Å². The minimum Gasteiger partial charge on any atom is -0.366 e. The van der Waals surface area contributed by atoms with Crippen molar-refractivity contribution in [1.29, 1.82) is 0 Å². The first-order valence-electron chi connectivity index (χ1n) is 9.08. The molecule has 1 heterocycles. The Morgan fingerprint density at radius 2 is 1.34 bits per heavy atom. The van der Waals surface area contributed by atoms with E-state index >= 15 is 0 Å². The third-order valence-electron chi connectivity index (χ3n) is 4.37. The van der Waals surface area contributed by atoms with Crippen LogP contribution in [-0.4, -0.2) is 21.1 Å². The number of nitrogens with two attached hydrogens (primary N) is 1. The van der Waals surface area contributed by atoms with Crippen LogP contribution in [0.5, 0.6) is 0 Å². The molecular formula is C23H18N4OS. The van der Waals surface area contributed by atoms with Gasteiger partial charge in [0.25, 0.3) is 0 Å². The molecule has 142 valence electrons. The van der Waals surface area contributed by atoms with Gasteiger partial charge in [0.05, 0.1) is 0 Å². The highest BCUT2D eigenvalue weighted by Crippen LogP contribution is 2.30. The Morgan fingerprint density at radius 3 is 1.93 bits per heavy atom. The number of primary amides is 1. The second-order valence-electron chi connectivity index (χ2n) is 6.37. The molecular weight excluding hydrogens is 380 g/mol. The molecule has 4 aromatic rings. The summed E-state index contributed by atoms with van der Waals surface area (Å²) in [5.74, 6) is 0.236. The minimum absolute atomic E-state index is 0.430. The fraction of sp³-hybridized carbons (Fsp3) is 0.0435. The van der Waals surface area contributed by atoms with Gasteiger partial charge in [-0.05, 0) is 17.7 Å². The average molecular weight is 398 g/mol. The van der Waals surface area contributed by atoms with Crippen LogP contribution < -0.4 is 5.73 Å². The van der Waals surface area contributed by atoms with Crippen LogP contribution in [0.15, 0.2) is 90.1 Å². The molecule has 0 saturated carbocycles. The smallest absolute Gasteiger partial charge is 0.248 e. The quantitative estimate of drug-likeness (QED) is 0.480. The monoisotopic (exact) mass is 398 g/mol. The number of carbonyl (C=O) groups is 1. The van der Waals surface area contributed by atoms with Crippen molar-refractivity contribution in [2.24, 2.45) is 5.73 Å². The van der Waals surface area contributed by atoms with Crippen molar-refractivity contribution in [3.8, 4) is 22.5 Å². The van der Waals surface area contributed by atoms with Crippen LogP contribution in [0.2, 0.25) is 0 Å². The summed E-state index contributed by atoms with van der Waals surface area (Å²) in [6, 6.07) is 27.2. The van der Waals surface area contributed by atoms with Crippen LogP contribution in [0.3, 0.4) is 0 Å². The second kappa shape index (κ2) is 8.67. The molecule has 0 saturated heterocycles. The number of carbonyl (C=O) groups excluding carboxylic acids is 1. The van der Waals surface area contributed by atoms with Crippen LogP contribution in [0, 0.1) is 0 Å². The molecule has 0 radical (unpaired) electrons. The van der Waals surface area contributed by atoms with E-state index in [-0.39, 0.29) is 0 Å². The number of aromatic nitrogens is 3. The molecule has 0 bridgehead atoms. The Hall–Kier alpha value is -3.51. The summed E-state index contributed by atoms with van der Waals surface area (Å²) >= 11 is 1.50. The lowest BCUT2D eigenvalue weighted by atomic mass is 10.0. The van der Waals surface area contributed by atoms with E-state index in [1.54, 1.807) is 12.1 Å². The molecule has 1 aromatic heterocycles. The zero-order chi connectivity index (χ0) is 20.1. The van der Waals surface area contributed by atoms with Crippen LogP contribution in [-0.2, 0) is 5.75 Å². The molecule has 0 fully saturated rings. The third-order valence-corrected chi connectivity index (χ3v) is 5.28. The molecule has 3 aromatic carbocycles. The van der Waals surface area contributed by atoms with Gasteiger partial charge in [-0.1, -0.05) is 84.6 Å². The first-order valence-corrected chi connectivity index (χ1v) is 10.1. The lowest BCUT2D eigenvalue weighted by Gasteiger charge is -2.09. The van der Waals surface area contributed by atoms with Gasteiger partial charge in [0.1, 0.15) is 11.4 Å². The number of amides is 1. The SMILES string of the molecule is NC(=O)c1ccc(CSc2nnc(-c3ccccc3)c(-c3ccccc3)n2)cc1. The van der Waals surface area contributed by atoms with E-state index in [1.165, 1.54) is 11.8 Å². The van der Waals surface area contributed by atoms with Crippen molar-refractivity contribution in [1.82, 2.24) is 15.2 Å². The Balaban J connectivity index is 1.62. The highest BCUT2D eigenvalue weighted by atomic mass is 32.2. The highest BCUT2D eigenvalue weighted by Gasteiger charge is 2.13. The standard InChI is InChI=1S/C23H18N4OS/c24-22(28)19-13-11-16(12-14-19)15-29-23-25-20(17-7-3-1-4-8-17)21(26-27-23)18-9-5-2-6-10-18/h1-14H,15H2,(H2,24,28). The van der Waals surface area contributed by atoms with E-state index in [4.69, 9.17) is 10.7 Å². The predicted molar refractivity (Wildman–Crippen MR) is 115 cm³/mol. The lowest BCUT2D eigenvalue weighted by Crippen LogP contribution is -2.10. The molecule has 0 unspecified atom stereocenters. The van der Waals surface area contributed by atoms with Crippen molar-refractivity contribution in [3.63, 3.8) is 0 Å². The molecule has 1 amide bonds. The van der Waals surface area contributed by atoms with Crippen molar-refractivity contribution in [2.75, 3.05) is 0 Å². The van der Waals surface area contributed by atoms with E-state index in [0.29, 0.717) is 16.5 Å². The molecule has 4 rings (SSSR count). The topological polar surface area (TPSA) is 81.8 Å². The van der Waals surface area contributed by atoms with E-state index in [2.05, 4.69) is 10.2 Å². The Kier molecular flexibility index (Phi) is 5.63. The Morgan fingerprint density at radius 1 is 0.759 bits per heavy atom. The molecule has 0 atom stereocenters. The van der Waals surface area contributed by atoms with Gasteiger partial charge in [-0.15, -0.1) is 10.2 Å². The minimum atomic E-state index is -0.430. The van der Waals surface area contributed by atoms with E-state index < -0.39 is 5.91 Å². The zero-order valence-electron chi connectivity index (χ0n) is 15.5.